The molecule has 37 heavy (non-hydrogen) atoms. The molecule has 0 bridgehead atoms. The van der Waals surface area contributed by atoms with E-state index >= 15 is 0 Å². The molecule has 5 rings (SSSR count). The molecular formula is C28H25N3O5S. The minimum absolute atomic E-state index is 0.0316. The monoisotopic (exact) mass is 515 g/mol. The Balaban J connectivity index is 1.41. The standard InChI is InChI=1S/C28H25N3O5S/c1-2-35-28(32)26-22-14-15-30(17-19-8-4-3-5-9-19)18-25(22)37-27(26)29-16-20-12-13-24(36-20)21-10-6-7-11-23(21)31(33)34/h3-13,16H,2,14-15,17-18H2,1H3. The number of carbonyl (C=O) groups excluding carboxylic acids is 1. The van der Waals surface area contributed by atoms with E-state index in [1.807, 2.05) is 18.2 Å². The van der Waals surface area contributed by atoms with E-state index in [4.69, 9.17) is 9.15 Å². The first kappa shape index (κ1) is 24.6. The Morgan fingerprint density at radius 1 is 1.16 bits per heavy atom. The number of aliphatic imine (C=N–C) groups is 1. The number of esters is 1. The zero-order chi connectivity index (χ0) is 25.8. The summed E-state index contributed by atoms with van der Waals surface area (Å²) in [4.78, 5) is 31.9. The van der Waals surface area contributed by atoms with E-state index in [0.29, 0.717) is 27.6 Å². The number of thiophene rings is 1. The molecule has 1 aliphatic rings. The van der Waals surface area contributed by atoms with Gasteiger partial charge in [0.2, 0.25) is 0 Å². The summed E-state index contributed by atoms with van der Waals surface area (Å²) in [5.41, 5.74) is 3.13. The van der Waals surface area contributed by atoms with E-state index in [-0.39, 0.29) is 18.3 Å². The van der Waals surface area contributed by atoms with Crippen LogP contribution in [0, 0.1) is 10.1 Å². The van der Waals surface area contributed by atoms with Crippen LogP contribution >= 0.6 is 11.3 Å². The number of hydrogen-bond acceptors (Lipinski definition) is 8. The van der Waals surface area contributed by atoms with Crippen molar-refractivity contribution in [2.75, 3.05) is 13.2 Å². The molecule has 0 unspecified atom stereocenters. The fourth-order valence-electron chi connectivity index (χ4n) is 4.45. The first-order chi connectivity index (χ1) is 18.0. The summed E-state index contributed by atoms with van der Waals surface area (Å²) in [6, 6.07) is 20.1. The van der Waals surface area contributed by atoms with Crippen LogP contribution in [-0.2, 0) is 24.2 Å². The number of nitro groups is 1. The van der Waals surface area contributed by atoms with Crippen molar-refractivity contribution in [3.8, 4) is 11.3 Å². The average Bonchev–Trinajstić information content (AvgIpc) is 3.52. The second kappa shape index (κ2) is 10.9. The predicted octanol–water partition coefficient (Wildman–Crippen LogP) is 6.40. The van der Waals surface area contributed by atoms with Crippen LogP contribution in [0.3, 0.4) is 0 Å². The highest BCUT2D eigenvalue weighted by atomic mass is 32.1. The molecule has 0 atom stereocenters. The molecule has 0 saturated heterocycles. The van der Waals surface area contributed by atoms with E-state index in [1.54, 1.807) is 43.5 Å². The van der Waals surface area contributed by atoms with Gasteiger partial charge >= 0.3 is 5.97 Å². The third-order valence-corrected chi connectivity index (χ3v) is 7.27. The number of hydrogen-bond donors (Lipinski definition) is 0. The van der Waals surface area contributed by atoms with Crippen molar-refractivity contribution in [2.24, 2.45) is 4.99 Å². The minimum atomic E-state index is -0.436. The van der Waals surface area contributed by atoms with Gasteiger partial charge < -0.3 is 9.15 Å². The fourth-order valence-corrected chi connectivity index (χ4v) is 5.68. The molecular weight excluding hydrogens is 490 g/mol. The van der Waals surface area contributed by atoms with Gasteiger partial charge in [0.1, 0.15) is 16.5 Å². The molecule has 2 aromatic carbocycles. The number of furan rings is 1. The summed E-state index contributed by atoms with van der Waals surface area (Å²) in [5, 5.41) is 12.0. The third-order valence-electron chi connectivity index (χ3n) is 6.15. The van der Waals surface area contributed by atoms with Gasteiger partial charge in [-0.25, -0.2) is 9.79 Å². The smallest absolute Gasteiger partial charge is 0.341 e. The quantitative estimate of drug-likeness (QED) is 0.117. The Morgan fingerprint density at radius 2 is 1.95 bits per heavy atom. The summed E-state index contributed by atoms with van der Waals surface area (Å²) >= 11 is 1.49. The highest BCUT2D eigenvalue weighted by Crippen LogP contribution is 2.40. The van der Waals surface area contributed by atoms with Gasteiger partial charge in [-0.2, -0.15) is 0 Å². The number of nitrogens with zero attached hydrogens (tertiary/aromatic N) is 3. The van der Waals surface area contributed by atoms with Crippen molar-refractivity contribution in [3.05, 3.63) is 104 Å². The van der Waals surface area contributed by atoms with E-state index in [9.17, 15) is 14.9 Å². The molecule has 188 valence electrons. The third kappa shape index (κ3) is 5.37. The van der Waals surface area contributed by atoms with Crippen LogP contribution in [0.25, 0.3) is 11.3 Å². The number of ether oxygens (including phenoxy) is 1. The molecule has 0 radical (unpaired) electrons. The Morgan fingerprint density at radius 3 is 2.73 bits per heavy atom. The van der Waals surface area contributed by atoms with Crippen LogP contribution in [-0.4, -0.2) is 35.2 Å². The van der Waals surface area contributed by atoms with Crippen molar-refractivity contribution in [3.63, 3.8) is 0 Å². The summed E-state index contributed by atoms with van der Waals surface area (Å²) < 4.78 is 11.2. The molecule has 0 saturated carbocycles. The maximum atomic E-state index is 12.9. The lowest BCUT2D eigenvalue weighted by atomic mass is 10.0. The molecule has 2 aromatic heterocycles. The normalized spacial score (nSPS) is 13.5. The largest absolute Gasteiger partial charge is 0.462 e. The summed E-state index contributed by atoms with van der Waals surface area (Å²) in [6.45, 7) is 4.48. The molecule has 0 fully saturated rings. The van der Waals surface area contributed by atoms with Crippen molar-refractivity contribution >= 4 is 34.2 Å². The van der Waals surface area contributed by atoms with Gasteiger partial charge in [-0.15, -0.1) is 11.3 Å². The van der Waals surface area contributed by atoms with Gasteiger partial charge in [-0.3, -0.25) is 15.0 Å². The van der Waals surface area contributed by atoms with Gasteiger partial charge in [-0.05, 0) is 42.7 Å². The second-order valence-electron chi connectivity index (χ2n) is 8.59. The van der Waals surface area contributed by atoms with Crippen molar-refractivity contribution in [2.45, 2.75) is 26.4 Å². The Bertz CT molecular complexity index is 1460. The Labute approximate surface area is 218 Å². The van der Waals surface area contributed by atoms with E-state index < -0.39 is 4.92 Å². The SMILES string of the molecule is CCOC(=O)c1c(N=Cc2ccc(-c3ccccc3[N+](=O)[O-])o2)sc2c1CCN(Cc1ccccc1)C2. The summed E-state index contributed by atoms with van der Waals surface area (Å²) in [5.74, 6) is 0.435. The van der Waals surface area contributed by atoms with Crippen LogP contribution < -0.4 is 0 Å². The van der Waals surface area contributed by atoms with Gasteiger partial charge in [0.15, 0.2) is 0 Å². The van der Waals surface area contributed by atoms with E-state index in [1.165, 1.54) is 23.0 Å². The molecule has 9 heteroatoms. The van der Waals surface area contributed by atoms with Crippen LogP contribution in [0.4, 0.5) is 10.7 Å². The van der Waals surface area contributed by atoms with Gasteiger partial charge in [-0.1, -0.05) is 42.5 Å². The first-order valence-corrected chi connectivity index (χ1v) is 12.8. The van der Waals surface area contributed by atoms with E-state index in [0.717, 1.165) is 36.5 Å². The van der Waals surface area contributed by atoms with Crippen LogP contribution in [0.5, 0.6) is 0 Å². The van der Waals surface area contributed by atoms with Gasteiger partial charge in [0, 0.05) is 30.6 Å². The fraction of sp³-hybridized carbons (Fsp3) is 0.214. The molecule has 4 aromatic rings. The van der Waals surface area contributed by atoms with E-state index in [2.05, 4.69) is 22.0 Å². The Kier molecular flexibility index (Phi) is 7.25. The highest BCUT2D eigenvalue weighted by molar-refractivity contribution is 7.16. The number of para-hydroxylation sites is 1. The predicted molar refractivity (Wildman–Crippen MR) is 143 cm³/mol. The van der Waals surface area contributed by atoms with Crippen molar-refractivity contribution in [1.29, 1.82) is 0 Å². The molecule has 3 heterocycles. The number of carbonyl (C=O) groups is 1. The molecule has 0 N–H and O–H groups in total. The number of nitro benzene ring substituents is 1. The lowest BCUT2D eigenvalue weighted by Gasteiger charge is -2.27. The Hall–Kier alpha value is -4.08. The number of benzene rings is 2. The first-order valence-electron chi connectivity index (χ1n) is 12.0. The van der Waals surface area contributed by atoms with Gasteiger partial charge in [0.05, 0.1) is 28.9 Å². The molecule has 8 nitrogen and oxygen atoms in total. The van der Waals surface area contributed by atoms with Crippen LogP contribution in [0.1, 0.15) is 39.0 Å². The van der Waals surface area contributed by atoms with Gasteiger partial charge in [0.25, 0.3) is 5.69 Å². The summed E-state index contributed by atoms with van der Waals surface area (Å²) in [6.07, 6.45) is 2.28. The topological polar surface area (TPSA) is 98.2 Å². The number of fused-ring (bicyclic) bond motifs is 1. The lowest BCUT2D eigenvalue weighted by molar-refractivity contribution is -0.384. The molecule has 0 spiro atoms. The maximum Gasteiger partial charge on any atom is 0.341 e. The molecule has 0 amide bonds. The van der Waals surface area contributed by atoms with Crippen LogP contribution in [0.2, 0.25) is 0 Å². The van der Waals surface area contributed by atoms with Crippen LogP contribution in [0.15, 0.2) is 76.1 Å². The molecule has 0 aliphatic carbocycles. The minimum Gasteiger partial charge on any atom is -0.462 e. The number of rotatable bonds is 8. The maximum absolute atomic E-state index is 12.9. The second-order valence-corrected chi connectivity index (χ2v) is 9.67. The highest BCUT2D eigenvalue weighted by Gasteiger charge is 2.28. The zero-order valence-corrected chi connectivity index (χ0v) is 21.1. The summed E-state index contributed by atoms with van der Waals surface area (Å²) in [7, 11) is 0. The van der Waals surface area contributed by atoms with Crippen molar-refractivity contribution < 1.29 is 18.9 Å². The molecule has 1 aliphatic heterocycles. The lowest BCUT2D eigenvalue weighted by Crippen LogP contribution is -2.29. The zero-order valence-electron chi connectivity index (χ0n) is 20.3. The van der Waals surface area contributed by atoms with Crippen molar-refractivity contribution in [1.82, 2.24) is 4.90 Å². The average molecular weight is 516 g/mol.